The summed E-state index contributed by atoms with van der Waals surface area (Å²) in [4.78, 5) is 28.7. The van der Waals surface area contributed by atoms with Crippen LogP contribution in [0.15, 0.2) is 64.6 Å². The van der Waals surface area contributed by atoms with Crippen LogP contribution in [0.1, 0.15) is 31.7 Å². The van der Waals surface area contributed by atoms with Crippen molar-refractivity contribution < 1.29 is 19.3 Å². The largest absolute Gasteiger partial charge is 0.466 e. The van der Waals surface area contributed by atoms with Crippen LogP contribution in [0.25, 0.3) is 0 Å². The van der Waals surface area contributed by atoms with E-state index in [4.69, 9.17) is 9.57 Å². The van der Waals surface area contributed by atoms with Crippen molar-refractivity contribution in [3.63, 3.8) is 0 Å². The van der Waals surface area contributed by atoms with Gasteiger partial charge in [-0.25, -0.2) is 4.79 Å². The summed E-state index contributed by atoms with van der Waals surface area (Å²) in [7, 11) is 1.29. The Balaban J connectivity index is 2.57. The highest BCUT2D eigenvalue weighted by Crippen LogP contribution is 2.42. The third-order valence-electron chi connectivity index (χ3n) is 4.40. The summed E-state index contributed by atoms with van der Waals surface area (Å²) < 4.78 is 4.95. The summed E-state index contributed by atoms with van der Waals surface area (Å²) in [5.74, 6) is -1.18. The minimum Gasteiger partial charge on any atom is -0.466 e. The molecule has 0 bridgehead atoms. The van der Waals surface area contributed by atoms with E-state index in [0.29, 0.717) is 23.3 Å². The number of nitrogens with zero attached hydrogens (tertiary/aromatic N) is 2. The number of esters is 1. The fourth-order valence-electron chi connectivity index (χ4n) is 3.21. The Bertz CT molecular complexity index is 870. The minimum absolute atomic E-state index is 0.0613. The average molecular weight is 385 g/mol. The van der Waals surface area contributed by atoms with E-state index in [0.717, 1.165) is 11.3 Å². The predicted molar refractivity (Wildman–Crippen MR) is 106 cm³/mol. The molecule has 0 saturated heterocycles. The molecule has 0 saturated carbocycles. The van der Waals surface area contributed by atoms with Crippen molar-refractivity contribution in [2.24, 2.45) is 5.16 Å². The van der Waals surface area contributed by atoms with Gasteiger partial charge < -0.3 is 14.9 Å². The zero-order valence-electron chi connectivity index (χ0n) is 16.1. The number of carbonyl (C=O) groups is 1. The molecule has 0 radical (unpaired) electrons. The monoisotopic (exact) mass is 385 g/mol. The van der Waals surface area contributed by atoms with Gasteiger partial charge in [0.1, 0.15) is 6.61 Å². The number of nitro groups is 1. The van der Waals surface area contributed by atoms with Crippen molar-refractivity contribution in [1.29, 1.82) is 0 Å². The number of hydrogen-bond donors (Lipinski definition) is 1. The number of allylic oxidation sites excluding steroid dienone is 3. The Kier molecular flexibility index (Phi) is 7.08. The molecule has 0 amide bonds. The molecule has 0 fully saturated rings. The quantitative estimate of drug-likeness (QED) is 0.183. The number of para-hydroxylation sites is 1. The van der Waals surface area contributed by atoms with Crippen LogP contribution in [0.2, 0.25) is 0 Å². The van der Waals surface area contributed by atoms with E-state index in [2.05, 4.69) is 17.1 Å². The van der Waals surface area contributed by atoms with E-state index in [1.165, 1.54) is 13.2 Å². The molecule has 28 heavy (non-hydrogen) atoms. The van der Waals surface area contributed by atoms with Crippen LogP contribution in [0.5, 0.6) is 0 Å². The molecule has 1 aliphatic rings. The zero-order valence-corrected chi connectivity index (χ0v) is 16.1. The van der Waals surface area contributed by atoms with Crippen LogP contribution < -0.4 is 5.32 Å². The number of nitrogens with one attached hydrogen (secondary N) is 1. The van der Waals surface area contributed by atoms with Gasteiger partial charge in [0.2, 0.25) is 0 Å². The SMILES string of the molecule is C=CCON=CCC1=C(C)NC(C)=C(C(=O)OC)C1c1ccccc1[N+](=O)[O-]. The molecule has 8 nitrogen and oxygen atoms in total. The lowest BCUT2D eigenvalue weighted by Gasteiger charge is -2.30. The van der Waals surface area contributed by atoms with E-state index in [9.17, 15) is 14.9 Å². The Hall–Kier alpha value is -3.42. The Morgan fingerprint density at radius 2 is 2.07 bits per heavy atom. The summed E-state index contributed by atoms with van der Waals surface area (Å²) in [5, 5.41) is 18.6. The number of benzene rings is 1. The Morgan fingerprint density at radius 1 is 1.36 bits per heavy atom. The van der Waals surface area contributed by atoms with E-state index in [1.807, 2.05) is 6.92 Å². The van der Waals surface area contributed by atoms with Crippen LogP contribution >= 0.6 is 0 Å². The molecule has 148 valence electrons. The van der Waals surface area contributed by atoms with Gasteiger partial charge in [0.15, 0.2) is 0 Å². The first-order valence-corrected chi connectivity index (χ1v) is 8.66. The maximum atomic E-state index is 12.5. The summed E-state index contributed by atoms with van der Waals surface area (Å²) >= 11 is 0. The normalized spacial score (nSPS) is 16.8. The van der Waals surface area contributed by atoms with Gasteiger partial charge in [-0.15, -0.1) is 0 Å². The van der Waals surface area contributed by atoms with Gasteiger partial charge in [-0.3, -0.25) is 10.1 Å². The van der Waals surface area contributed by atoms with Gasteiger partial charge >= 0.3 is 5.97 Å². The number of nitro benzene ring substituents is 1. The molecule has 2 rings (SSSR count). The smallest absolute Gasteiger partial charge is 0.336 e. The van der Waals surface area contributed by atoms with Crippen molar-refractivity contribution in [2.45, 2.75) is 26.2 Å². The zero-order chi connectivity index (χ0) is 20.7. The summed E-state index contributed by atoms with van der Waals surface area (Å²) in [5.41, 5.74) is 2.85. The highest BCUT2D eigenvalue weighted by molar-refractivity contribution is 5.93. The molecule has 1 aliphatic heterocycles. The first kappa shape index (κ1) is 20.9. The first-order valence-electron chi connectivity index (χ1n) is 8.66. The van der Waals surface area contributed by atoms with E-state index < -0.39 is 16.8 Å². The van der Waals surface area contributed by atoms with Gasteiger partial charge in [-0.2, -0.15) is 0 Å². The molecule has 8 heteroatoms. The molecule has 1 unspecified atom stereocenters. The van der Waals surface area contributed by atoms with Crippen LogP contribution in [-0.2, 0) is 14.4 Å². The lowest BCUT2D eigenvalue weighted by molar-refractivity contribution is -0.385. The third-order valence-corrected chi connectivity index (χ3v) is 4.40. The second kappa shape index (κ2) is 9.50. The molecule has 1 aromatic carbocycles. The predicted octanol–water partition coefficient (Wildman–Crippen LogP) is 3.58. The Labute approximate surface area is 163 Å². The fraction of sp³-hybridized carbons (Fsp3) is 0.300. The molecule has 1 aromatic rings. The summed E-state index contributed by atoms with van der Waals surface area (Å²) in [6.45, 7) is 7.42. The maximum Gasteiger partial charge on any atom is 0.336 e. The number of methoxy groups -OCH3 is 1. The fourth-order valence-corrected chi connectivity index (χ4v) is 3.21. The van der Waals surface area contributed by atoms with Crippen molar-refractivity contribution in [3.05, 3.63) is 75.1 Å². The van der Waals surface area contributed by atoms with Crippen molar-refractivity contribution in [2.75, 3.05) is 13.7 Å². The summed E-state index contributed by atoms with van der Waals surface area (Å²) in [6.07, 6.45) is 3.46. The lowest BCUT2D eigenvalue weighted by Crippen LogP contribution is -2.29. The van der Waals surface area contributed by atoms with Gasteiger partial charge in [0.05, 0.1) is 17.6 Å². The topological polar surface area (TPSA) is 103 Å². The standard InChI is InChI=1S/C20H23N3O5/c1-5-12-28-21-11-10-15-13(2)22-14(3)18(20(24)27-4)19(15)16-8-6-7-9-17(16)23(25)26/h5-9,11,19,22H,1,10,12H2,2-4H3. The molecule has 1 N–H and O–H groups in total. The van der Waals surface area contributed by atoms with Crippen molar-refractivity contribution in [1.82, 2.24) is 5.32 Å². The second-order valence-electron chi connectivity index (χ2n) is 6.13. The van der Waals surface area contributed by atoms with Gasteiger partial charge in [0, 0.05) is 41.6 Å². The number of oxime groups is 1. The van der Waals surface area contributed by atoms with Gasteiger partial charge in [0.25, 0.3) is 5.69 Å². The van der Waals surface area contributed by atoms with E-state index in [1.54, 1.807) is 37.4 Å². The van der Waals surface area contributed by atoms with Crippen LogP contribution in [0.3, 0.4) is 0 Å². The Morgan fingerprint density at radius 3 is 2.71 bits per heavy atom. The number of dihydropyridines is 1. The maximum absolute atomic E-state index is 12.5. The van der Waals surface area contributed by atoms with Crippen molar-refractivity contribution >= 4 is 17.9 Å². The highest BCUT2D eigenvalue weighted by Gasteiger charge is 2.36. The van der Waals surface area contributed by atoms with Crippen LogP contribution in [-0.4, -0.2) is 30.8 Å². The molecular weight excluding hydrogens is 362 g/mol. The van der Waals surface area contributed by atoms with Gasteiger partial charge in [-0.1, -0.05) is 36.0 Å². The minimum atomic E-state index is -0.638. The van der Waals surface area contributed by atoms with Crippen LogP contribution in [0.4, 0.5) is 5.69 Å². The molecule has 0 spiro atoms. The molecule has 1 atom stereocenters. The molecule has 1 heterocycles. The molecule has 0 aliphatic carbocycles. The van der Waals surface area contributed by atoms with Crippen LogP contribution in [0, 0.1) is 10.1 Å². The number of hydrogen-bond acceptors (Lipinski definition) is 7. The van der Waals surface area contributed by atoms with E-state index in [-0.39, 0.29) is 12.3 Å². The van der Waals surface area contributed by atoms with Gasteiger partial charge in [-0.05, 0) is 19.4 Å². The highest BCUT2D eigenvalue weighted by atomic mass is 16.6. The average Bonchev–Trinajstić information content (AvgIpc) is 2.68. The first-order chi connectivity index (χ1) is 13.4. The number of rotatable bonds is 8. The molecular formula is C20H23N3O5. The number of carbonyl (C=O) groups excluding carboxylic acids is 1. The third kappa shape index (κ3) is 4.46. The summed E-state index contributed by atoms with van der Waals surface area (Å²) in [6, 6.07) is 6.39. The van der Waals surface area contributed by atoms with Crippen molar-refractivity contribution in [3.8, 4) is 0 Å². The molecule has 0 aromatic heterocycles. The van der Waals surface area contributed by atoms with E-state index >= 15 is 0 Å². The number of ether oxygens (including phenoxy) is 1. The second-order valence-corrected chi connectivity index (χ2v) is 6.13. The lowest BCUT2D eigenvalue weighted by atomic mass is 9.78.